The number of fused-ring (bicyclic) bond motifs is 1. The first-order valence-corrected chi connectivity index (χ1v) is 8.99. The number of aryl methyl sites for hydroxylation is 2. The number of rotatable bonds is 4. The molecule has 1 unspecified atom stereocenters. The van der Waals surface area contributed by atoms with Crippen molar-refractivity contribution >= 4 is 11.6 Å². The fourth-order valence-electron chi connectivity index (χ4n) is 2.78. The molecule has 0 fully saturated rings. The third-order valence-electron chi connectivity index (χ3n) is 4.51. The van der Waals surface area contributed by atoms with Gasteiger partial charge in [0.1, 0.15) is 12.4 Å². The summed E-state index contributed by atoms with van der Waals surface area (Å²) in [7, 11) is 0. The van der Waals surface area contributed by atoms with Crippen LogP contribution in [-0.2, 0) is 4.79 Å². The number of carbonyl (C=O) groups excluding carboxylic acids is 1. The Morgan fingerprint density at radius 1 is 1.07 bits per heavy atom. The molecule has 1 atom stereocenters. The number of ether oxygens (including phenoxy) is 3. The van der Waals surface area contributed by atoms with Crippen LogP contribution in [0.2, 0.25) is 0 Å². The summed E-state index contributed by atoms with van der Waals surface area (Å²) in [6.07, 6.45) is 0.827. The number of nitrogens with one attached hydrogen (secondary N) is 1. The minimum absolute atomic E-state index is 0.157. The number of amides is 1. The normalized spacial score (nSPS) is 15.0. The van der Waals surface area contributed by atoms with E-state index in [0.29, 0.717) is 23.1 Å². The zero-order valence-electron chi connectivity index (χ0n) is 15.6. The molecule has 0 radical (unpaired) electrons. The van der Waals surface area contributed by atoms with E-state index < -0.39 is 6.10 Å². The molecule has 0 saturated heterocycles. The molecule has 1 amide bonds. The molecule has 2 heterocycles. The van der Waals surface area contributed by atoms with E-state index in [0.717, 1.165) is 11.3 Å². The second-order valence-electron chi connectivity index (χ2n) is 6.59. The van der Waals surface area contributed by atoms with Gasteiger partial charge in [-0.3, -0.25) is 4.79 Å². The fraction of sp³-hybridized carbons (Fsp3) is 0.182. The lowest BCUT2D eigenvalue weighted by atomic mass is 10.1. The molecule has 1 aromatic heterocycles. The number of hydrogen-bond acceptors (Lipinski definition) is 5. The van der Waals surface area contributed by atoms with Crippen LogP contribution in [-0.4, -0.2) is 23.6 Å². The van der Waals surface area contributed by atoms with Crippen molar-refractivity contribution < 1.29 is 19.0 Å². The quantitative estimate of drug-likeness (QED) is 0.736. The number of carbonyl (C=O) groups is 1. The lowest BCUT2D eigenvalue weighted by molar-refractivity contribution is -0.125. The van der Waals surface area contributed by atoms with E-state index >= 15 is 0 Å². The van der Waals surface area contributed by atoms with E-state index in [1.807, 2.05) is 43.3 Å². The lowest BCUT2D eigenvalue weighted by Gasteiger charge is -2.25. The average molecular weight is 376 g/mol. The first kappa shape index (κ1) is 17.9. The summed E-state index contributed by atoms with van der Waals surface area (Å²) in [5.74, 6) is 2.08. The second kappa shape index (κ2) is 7.60. The Kier molecular flexibility index (Phi) is 4.85. The van der Waals surface area contributed by atoms with Crippen LogP contribution in [0, 0.1) is 13.8 Å². The van der Waals surface area contributed by atoms with Crippen LogP contribution in [0.3, 0.4) is 0 Å². The van der Waals surface area contributed by atoms with Gasteiger partial charge in [-0.15, -0.1) is 0 Å². The Bertz CT molecular complexity index is 1000. The number of para-hydroxylation sites is 2. The summed E-state index contributed by atoms with van der Waals surface area (Å²) < 4.78 is 17.0. The van der Waals surface area contributed by atoms with Gasteiger partial charge in [-0.05, 0) is 55.3 Å². The molecule has 1 aliphatic rings. The molecule has 28 heavy (non-hydrogen) atoms. The van der Waals surface area contributed by atoms with Gasteiger partial charge in [0.15, 0.2) is 11.5 Å². The third-order valence-corrected chi connectivity index (χ3v) is 4.51. The van der Waals surface area contributed by atoms with Gasteiger partial charge in [-0.2, -0.15) is 0 Å². The molecule has 4 rings (SSSR count). The highest BCUT2D eigenvalue weighted by atomic mass is 16.6. The van der Waals surface area contributed by atoms with Crippen molar-refractivity contribution in [1.29, 1.82) is 0 Å². The SMILES string of the molecule is Cc1ccc(Oc2ccc(NC(=O)C3COc4ccccc4O3)cn2)cc1C. The zero-order chi connectivity index (χ0) is 19.5. The summed E-state index contributed by atoms with van der Waals surface area (Å²) in [4.78, 5) is 16.7. The molecular formula is C22H20N2O4. The molecule has 3 aromatic rings. The first-order valence-electron chi connectivity index (χ1n) is 8.99. The van der Waals surface area contributed by atoms with Gasteiger partial charge >= 0.3 is 0 Å². The van der Waals surface area contributed by atoms with Crippen LogP contribution in [0.4, 0.5) is 5.69 Å². The standard InChI is InChI=1S/C22H20N2O4/c1-14-7-9-17(11-15(14)2)27-21-10-8-16(12-23-21)24-22(25)20-13-26-18-5-3-4-6-19(18)28-20/h3-12,20H,13H2,1-2H3,(H,24,25). The molecule has 142 valence electrons. The van der Waals surface area contributed by atoms with E-state index in [2.05, 4.69) is 17.2 Å². The summed E-state index contributed by atoms with van der Waals surface area (Å²) in [6.45, 7) is 4.24. The van der Waals surface area contributed by atoms with Crippen LogP contribution in [0.25, 0.3) is 0 Å². The van der Waals surface area contributed by atoms with Crippen molar-refractivity contribution in [1.82, 2.24) is 4.98 Å². The van der Waals surface area contributed by atoms with E-state index in [9.17, 15) is 4.79 Å². The highest BCUT2D eigenvalue weighted by molar-refractivity contribution is 5.94. The molecule has 6 nitrogen and oxygen atoms in total. The maximum atomic E-state index is 12.4. The summed E-state index contributed by atoms with van der Waals surface area (Å²) in [5, 5.41) is 2.79. The highest BCUT2D eigenvalue weighted by Crippen LogP contribution is 2.31. The third kappa shape index (κ3) is 3.91. The van der Waals surface area contributed by atoms with Gasteiger partial charge in [-0.1, -0.05) is 18.2 Å². The number of aromatic nitrogens is 1. The Morgan fingerprint density at radius 3 is 2.64 bits per heavy atom. The Morgan fingerprint density at radius 2 is 1.89 bits per heavy atom. The van der Waals surface area contributed by atoms with E-state index in [4.69, 9.17) is 14.2 Å². The number of hydrogen-bond donors (Lipinski definition) is 1. The van der Waals surface area contributed by atoms with Crippen molar-refractivity contribution in [3.05, 3.63) is 71.9 Å². The molecule has 0 aliphatic carbocycles. The van der Waals surface area contributed by atoms with Crippen molar-refractivity contribution in [2.75, 3.05) is 11.9 Å². The Hall–Kier alpha value is -3.54. The summed E-state index contributed by atoms with van der Waals surface area (Å²) in [6, 6.07) is 16.6. The average Bonchev–Trinajstić information content (AvgIpc) is 2.72. The lowest BCUT2D eigenvalue weighted by Crippen LogP contribution is -2.40. The van der Waals surface area contributed by atoms with Gasteiger partial charge < -0.3 is 19.5 Å². The first-order chi connectivity index (χ1) is 13.6. The number of pyridine rings is 1. The molecular weight excluding hydrogens is 356 g/mol. The van der Waals surface area contributed by atoms with E-state index in [1.165, 1.54) is 5.56 Å². The van der Waals surface area contributed by atoms with Crippen molar-refractivity contribution in [2.24, 2.45) is 0 Å². The Labute approximate surface area is 163 Å². The maximum Gasteiger partial charge on any atom is 0.269 e. The van der Waals surface area contributed by atoms with Crippen molar-refractivity contribution in [3.8, 4) is 23.1 Å². The Balaban J connectivity index is 1.38. The van der Waals surface area contributed by atoms with Crippen LogP contribution in [0.15, 0.2) is 60.8 Å². The molecule has 2 aromatic carbocycles. The van der Waals surface area contributed by atoms with E-state index in [-0.39, 0.29) is 12.5 Å². The van der Waals surface area contributed by atoms with Gasteiger partial charge in [-0.25, -0.2) is 4.98 Å². The van der Waals surface area contributed by atoms with Crippen LogP contribution in [0.1, 0.15) is 11.1 Å². The molecule has 1 N–H and O–H groups in total. The second-order valence-corrected chi connectivity index (χ2v) is 6.59. The minimum Gasteiger partial charge on any atom is -0.485 e. The molecule has 0 spiro atoms. The summed E-state index contributed by atoms with van der Waals surface area (Å²) in [5.41, 5.74) is 2.91. The number of benzene rings is 2. The smallest absolute Gasteiger partial charge is 0.269 e. The van der Waals surface area contributed by atoms with E-state index in [1.54, 1.807) is 24.4 Å². The van der Waals surface area contributed by atoms with Gasteiger partial charge in [0.25, 0.3) is 5.91 Å². The number of nitrogens with zero attached hydrogens (tertiary/aromatic N) is 1. The number of anilines is 1. The summed E-state index contributed by atoms with van der Waals surface area (Å²) >= 11 is 0. The van der Waals surface area contributed by atoms with Crippen LogP contribution in [0.5, 0.6) is 23.1 Å². The molecule has 1 aliphatic heterocycles. The largest absolute Gasteiger partial charge is 0.485 e. The van der Waals surface area contributed by atoms with Gasteiger partial charge in [0.2, 0.25) is 12.0 Å². The molecule has 6 heteroatoms. The van der Waals surface area contributed by atoms with Crippen molar-refractivity contribution in [2.45, 2.75) is 20.0 Å². The van der Waals surface area contributed by atoms with Crippen LogP contribution < -0.4 is 19.5 Å². The zero-order valence-corrected chi connectivity index (χ0v) is 15.6. The highest BCUT2D eigenvalue weighted by Gasteiger charge is 2.27. The predicted molar refractivity (Wildman–Crippen MR) is 105 cm³/mol. The van der Waals surface area contributed by atoms with Gasteiger partial charge in [0, 0.05) is 6.07 Å². The fourth-order valence-corrected chi connectivity index (χ4v) is 2.78. The monoisotopic (exact) mass is 376 g/mol. The van der Waals surface area contributed by atoms with Crippen molar-refractivity contribution in [3.63, 3.8) is 0 Å². The minimum atomic E-state index is -0.721. The maximum absolute atomic E-state index is 12.4. The van der Waals surface area contributed by atoms with Gasteiger partial charge in [0.05, 0.1) is 11.9 Å². The molecule has 0 bridgehead atoms. The molecule has 0 saturated carbocycles. The topological polar surface area (TPSA) is 69.7 Å². The van der Waals surface area contributed by atoms with Crippen LogP contribution >= 0.6 is 0 Å². The predicted octanol–water partition coefficient (Wildman–Crippen LogP) is 4.27.